The van der Waals surface area contributed by atoms with Crippen molar-refractivity contribution in [2.45, 2.75) is 18.7 Å². The number of benzene rings is 2. The molecule has 0 saturated carbocycles. The summed E-state index contributed by atoms with van der Waals surface area (Å²) in [5.41, 5.74) is 2.37. The number of fused-ring (bicyclic) bond motifs is 1. The van der Waals surface area contributed by atoms with Gasteiger partial charge in [-0.1, -0.05) is 57.9 Å². The fourth-order valence-electron chi connectivity index (χ4n) is 2.85. The Morgan fingerprint density at radius 1 is 1.08 bits per heavy atom. The highest BCUT2D eigenvalue weighted by molar-refractivity contribution is 9.10. The SMILES string of the molecule is OC(C1=C(/C=C/c2ccc(Cl)cc2)Cc2cc(Br)ccc21)C(F)(F)F. The molecule has 25 heavy (non-hydrogen) atoms. The normalized spacial score (nSPS) is 15.8. The zero-order chi connectivity index (χ0) is 18.2. The van der Waals surface area contributed by atoms with Crippen LogP contribution in [0.15, 0.2) is 58.6 Å². The van der Waals surface area contributed by atoms with Crippen molar-refractivity contribution in [2.75, 3.05) is 0 Å². The van der Waals surface area contributed by atoms with Crippen molar-refractivity contribution in [3.05, 3.63) is 80.3 Å². The summed E-state index contributed by atoms with van der Waals surface area (Å²) in [5.74, 6) is 0. The Kier molecular flexibility index (Phi) is 5.09. The molecule has 0 amide bonds. The van der Waals surface area contributed by atoms with Gasteiger partial charge in [-0.3, -0.25) is 0 Å². The van der Waals surface area contributed by atoms with Gasteiger partial charge in [-0.05, 0) is 52.9 Å². The topological polar surface area (TPSA) is 20.2 Å². The Hall–Kier alpha value is -1.56. The van der Waals surface area contributed by atoms with E-state index in [1.165, 1.54) is 0 Å². The van der Waals surface area contributed by atoms with Crippen LogP contribution in [0.1, 0.15) is 16.7 Å². The summed E-state index contributed by atoms with van der Waals surface area (Å²) in [6.07, 6.45) is -3.55. The minimum atomic E-state index is -4.72. The summed E-state index contributed by atoms with van der Waals surface area (Å²) in [4.78, 5) is 0. The lowest BCUT2D eigenvalue weighted by Crippen LogP contribution is -2.29. The quantitative estimate of drug-likeness (QED) is 0.630. The van der Waals surface area contributed by atoms with E-state index in [-0.39, 0.29) is 5.57 Å². The molecule has 0 saturated heterocycles. The lowest BCUT2D eigenvalue weighted by molar-refractivity contribution is -0.184. The van der Waals surface area contributed by atoms with E-state index in [4.69, 9.17) is 11.6 Å². The van der Waals surface area contributed by atoms with Gasteiger partial charge in [0.1, 0.15) is 0 Å². The van der Waals surface area contributed by atoms with Gasteiger partial charge in [-0.25, -0.2) is 0 Å². The van der Waals surface area contributed by atoms with Crippen LogP contribution < -0.4 is 0 Å². The van der Waals surface area contributed by atoms with Crippen LogP contribution in [-0.4, -0.2) is 17.4 Å². The zero-order valence-electron chi connectivity index (χ0n) is 12.8. The monoisotopic (exact) mass is 428 g/mol. The molecule has 130 valence electrons. The predicted octanol–water partition coefficient (Wildman–Crippen LogP) is 6.05. The summed E-state index contributed by atoms with van der Waals surface area (Å²) < 4.78 is 40.2. The number of alkyl halides is 3. The molecule has 3 rings (SSSR count). The van der Waals surface area contributed by atoms with Gasteiger partial charge in [0.2, 0.25) is 0 Å². The van der Waals surface area contributed by atoms with Crippen LogP contribution in [0.3, 0.4) is 0 Å². The van der Waals surface area contributed by atoms with Gasteiger partial charge in [0.25, 0.3) is 0 Å². The Morgan fingerprint density at radius 2 is 1.76 bits per heavy atom. The third-order valence-corrected chi connectivity index (χ3v) is 4.76. The lowest BCUT2D eigenvalue weighted by Gasteiger charge is -2.18. The first kappa shape index (κ1) is 18.2. The van der Waals surface area contributed by atoms with E-state index in [0.717, 1.165) is 15.6 Å². The first-order valence-corrected chi connectivity index (χ1v) is 8.63. The van der Waals surface area contributed by atoms with E-state index < -0.39 is 12.3 Å². The first-order valence-electron chi connectivity index (χ1n) is 7.46. The molecule has 1 atom stereocenters. The molecule has 1 unspecified atom stereocenters. The molecule has 1 aliphatic rings. The van der Waals surface area contributed by atoms with Crippen molar-refractivity contribution in [2.24, 2.45) is 0 Å². The van der Waals surface area contributed by atoms with Crippen molar-refractivity contribution >= 4 is 39.2 Å². The average Bonchev–Trinajstić information content (AvgIpc) is 2.89. The largest absolute Gasteiger partial charge is 0.418 e. The van der Waals surface area contributed by atoms with Crippen molar-refractivity contribution < 1.29 is 18.3 Å². The van der Waals surface area contributed by atoms with Gasteiger partial charge < -0.3 is 5.11 Å². The maximum absolute atomic E-state index is 13.1. The second-order valence-corrected chi connectivity index (χ2v) is 7.10. The number of hydrogen-bond acceptors (Lipinski definition) is 1. The number of halogens is 5. The standard InChI is InChI=1S/C19H13BrClF3O/c20-14-5-8-16-13(10-14)9-12(17(16)18(25)19(22,23)24)4-1-11-2-6-15(21)7-3-11/h1-8,10,18,25H,9H2/b4-1+. The molecule has 0 bridgehead atoms. The van der Waals surface area contributed by atoms with Crippen LogP contribution in [0.25, 0.3) is 11.6 Å². The van der Waals surface area contributed by atoms with Gasteiger partial charge in [0, 0.05) is 15.1 Å². The Balaban J connectivity index is 2.02. The molecule has 0 heterocycles. The molecule has 0 fully saturated rings. The summed E-state index contributed by atoms with van der Waals surface area (Å²) >= 11 is 9.16. The third-order valence-electron chi connectivity index (χ3n) is 4.01. The fraction of sp³-hybridized carbons (Fsp3) is 0.158. The van der Waals surface area contributed by atoms with E-state index in [9.17, 15) is 18.3 Å². The maximum atomic E-state index is 13.1. The summed E-state index contributed by atoms with van der Waals surface area (Å²) in [5, 5.41) is 10.4. The highest BCUT2D eigenvalue weighted by atomic mass is 79.9. The van der Waals surface area contributed by atoms with Gasteiger partial charge >= 0.3 is 6.18 Å². The van der Waals surface area contributed by atoms with E-state index in [1.54, 1.807) is 54.6 Å². The van der Waals surface area contributed by atoms with Crippen molar-refractivity contribution in [1.82, 2.24) is 0 Å². The van der Waals surface area contributed by atoms with Gasteiger partial charge in [0.05, 0.1) is 0 Å². The Labute approximate surface area is 156 Å². The second kappa shape index (κ2) is 6.98. The lowest BCUT2D eigenvalue weighted by atomic mass is 9.99. The van der Waals surface area contributed by atoms with Crippen LogP contribution in [0, 0.1) is 0 Å². The molecule has 1 N–H and O–H groups in total. The molecule has 0 aliphatic heterocycles. The molecule has 6 heteroatoms. The van der Waals surface area contributed by atoms with Crippen molar-refractivity contribution in [3.8, 4) is 0 Å². The molecular formula is C19H13BrClF3O. The zero-order valence-corrected chi connectivity index (χ0v) is 15.2. The molecule has 2 aromatic rings. The highest BCUT2D eigenvalue weighted by Crippen LogP contribution is 2.41. The van der Waals surface area contributed by atoms with E-state index in [2.05, 4.69) is 15.9 Å². The minimum absolute atomic E-state index is 0.0831. The predicted molar refractivity (Wildman–Crippen MR) is 97.3 cm³/mol. The Bertz CT molecular complexity index is 854. The molecule has 2 aromatic carbocycles. The van der Waals surface area contributed by atoms with Gasteiger partial charge in [-0.2, -0.15) is 13.2 Å². The average molecular weight is 430 g/mol. The van der Waals surface area contributed by atoms with Gasteiger partial charge in [-0.15, -0.1) is 0 Å². The van der Waals surface area contributed by atoms with Crippen LogP contribution in [-0.2, 0) is 6.42 Å². The molecule has 1 nitrogen and oxygen atoms in total. The van der Waals surface area contributed by atoms with Crippen molar-refractivity contribution in [1.29, 1.82) is 0 Å². The van der Waals surface area contributed by atoms with Crippen LogP contribution in [0.2, 0.25) is 5.02 Å². The number of rotatable bonds is 3. The molecular weight excluding hydrogens is 417 g/mol. The smallest absolute Gasteiger partial charge is 0.379 e. The molecule has 0 radical (unpaired) electrons. The number of aliphatic hydroxyl groups is 1. The highest BCUT2D eigenvalue weighted by Gasteiger charge is 2.43. The molecule has 0 spiro atoms. The van der Waals surface area contributed by atoms with E-state index in [1.807, 2.05) is 0 Å². The summed E-state index contributed by atoms with van der Waals surface area (Å²) in [7, 11) is 0. The molecule has 1 aliphatic carbocycles. The number of allylic oxidation sites excluding steroid dienone is 2. The van der Waals surface area contributed by atoms with Crippen molar-refractivity contribution in [3.63, 3.8) is 0 Å². The first-order chi connectivity index (χ1) is 11.8. The van der Waals surface area contributed by atoms with E-state index >= 15 is 0 Å². The van der Waals surface area contributed by atoms with Crippen LogP contribution >= 0.6 is 27.5 Å². The Morgan fingerprint density at radius 3 is 2.40 bits per heavy atom. The third kappa shape index (κ3) is 4.00. The number of hydrogen-bond donors (Lipinski definition) is 1. The molecule has 0 aromatic heterocycles. The van der Waals surface area contributed by atoms with E-state index in [0.29, 0.717) is 22.6 Å². The minimum Gasteiger partial charge on any atom is -0.379 e. The second-order valence-electron chi connectivity index (χ2n) is 5.75. The summed E-state index contributed by atoms with van der Waals surface area (Å²) in [6.45, 7) is 0. The van der Waals surface area contributed by atoms with Gasteiger partial charge in [0.15, 0.2) is 6.10 Å². The van der Waals surface area contributed by atoms with Crippen LogP contribution in [0.4, 0.5) is 13.2 Å². The fourth-order valence-corrected chi connectivity index (χ4v) is 3.39. The number of aliphatic hydroxyl groups excluding tert-OH is 1. The maximum Gasteiger partial charge on any atom is 0.418 e. The summed E-state index contributed by atoms with van der Waals surface area (Å²) in [6, 6.07) is 12.0. The van der Waals surface area contributed by atoms with Crippen LogP contribution in [0.5, 0.6) is 0 Å².